The van der Waals surface area contributed by atoms with Gasteiger partial charge in [0.25, 0.3) is 5.91 Å². The van der Waals surface area contributed by atoms with E-state index < -0.39 is 17.9 Å². The van der Waals surface area contributed by atoms with E-state index in [0.29, 0.717) is 10.6 Å². The molecule has 23 heavy (non-hydrogen) atoms. The maximum Gasteiger partial charge on any atom is 0.325 e. The van der Waals surface area contributed by atoms with Crippen molar-refractivity contribution in [2.24, 2.45) is 11.5 Å². The van der Waals surface area contributed by atoms with E-state index in [0.717, 1.165) is 18.5 Å². The molecule has 6 nitrogen and oxygen atoms in total. The zero-order valence-corrected chi connectivity index (χ0v) is 13.4. The van der Waals surface area contributed by atoms with Crippen molar-refractivity contribution in [2.75, 3.05) is 0 Å². The molecule has 0 saturated heterocycles. The molecule has 0 aliphatic heterocycles. The van der Waals surface area contributed by atoms with Crippen LogP contribution >= 0.6 is 11.3 Å². The summed E-state index contributed by atoms with van der Waals surface area (Å²) in [6.07, 6.45) is 4.49. The third kappa shape index (κ3) is 4.61. The Bertz CT molecular complexity index is 662. The molecule has 0 bridgehead atoms. The van der Waals surface area contributed by atoms with Gasteiger partial charge < -0.3 is 16.6 Å². The van der Waals surface area contributed by atoms with Gasteiger partial charge in [0.2, 0.25) is 0 Å². The normalized spacial score (nSPS) is 14.1. The Labute approximate surface area is 138 Å². The Balaban J connectivity index is 0.000000168. The number of thiazole rings is 1. The number of carbonyl (C=O) groups is 2. The summed E-state index contributed by atoms with van der Waals surface area (Å²) < 4.78 is 0. The molecular formula is C16H19N3O3S. The molecule has 0 fully saturated rings. The second-order valence-corrected chi connectivity index (χ2v) is 6.27. The van der Waals surface area contributed by atoms with Gasteiger partial charge in [-0.2, -0.15) is 0 Å². The van der Waals surface area contributed by atoms with Crippen LogP contribution in [0.2, 0.25) is 0 Å². The Morgan fingerprint density at radius 2 is 1.83 bits per heavy atom. The van der Waals surface area contributed by atoms with Gasteiger partial charge in [0.1, 0.15) is 6.04 Å². The molecule has 5 N–H and O–H groups in total. The summed E-state index contributed by atoms with van der Waals surface area (Å²) in [6, 6.07) is 7.82. The number of carboxylic acids is 1. The van der Waals surface area contributed by atoms with Gasteiger partial charge >= 0.3 is 5.97 Å². The number of hydrogen-bond acceptors (Lipinski definition) is 5. The first-order chi connectivity index (χ1) is 11.0. The topological polar surface area (TPSA) is 119 Å². The monoisotopic (exact) mass is 333 g/mol. The molecule has 1 aromatic carbocycles. The average molecular weight is 333 g/mol. The van der Waals surface area contributed by atoms with E-state index in [1.165, 1.54) is 29.1 Å². The molecule has 1 amide bonds. The quantitative estimate of drug-likeness (QED) is 0.792. The molecule has 1 aliphatic carbocycles. The van der Waals surface area contributed by atoms with Crippen LogP contribution in [-0.2, 0) is 17.6 Å². The van der Waals surface area contributed by atoms with Crippen molar-refractivity contribution in [3.05, 3.63) is 51.5 Å². The highest BCUT2D eigenvalue weighted by atomic mass is 32.1. The fourth-order valence-electron chi connectivity index (χ4n) is 2.26. The maximum absolute atomic E-state index is 10.8. The number of aryl methyl sites for hydroxylation is 2. The summed E-state index contributed by atoms with van der Waals surface area (Å²) in [4.78, 5) is 26.6. The zero-order valence-electron chi connectivity index (χ0n) is 12.6. The number of nitrogens with zero attached hydrogens (tertiary/aromatic N) is 1. The lowest BCUT2D eigenvalue weighted by Crippen LogP contribution is -2.20. The lowest BCUT2D eigenvalue weighted by Gasteiger charge is -2.06. The van der Waals surface area contributed by atoms with Crippen LogP contribution in [0, 0.1) is 0 Å². The van der Waals surface area contributed by atoms with Gasteiger partial charge in [0.15, 0.2) is 5.01 Å². The summed E-state index contributed by atoms with van der Waals surface area (Å²) >= 11 is 1.46. The molecular weight excluding hydrogens is 314 g/mol. The highest BCUT2D eigenvalue weighted by molar-refractivity contribution is 7.13. The second kappa shape index (κ2) is 7.85. The minimum absolute atomic E-state index is 0.394. The number of nitrogens with two attached hydrogens (primary N) is 2. The fraction of sp³-hybridized carbons (Fsp3) is 0.312. The predicted molar refractivity (Wildman–Crippen MR) is 88.3 cm³/mol. The smallest absolute Gasteiger partial charge is 0.325 e. The zero-order chi connectivity index (χ0) is 16.8. The standard InChI is InChI=1S/C8H10N2OS.C8H9NO2/c9-7(11)8-10-5-3-1-2-4-6(5)12-8;9-7(8(10)11)6-4-2-1-3-5-6/h1-4H2,(H2,9,11);1-5,7H,9H2,(H,10,11)/t;7-/m.0/s1. The number of rotatable bonds is 3. The first-order valence-corrected chi connectivity index (χ1v) is 8.12. The number of carboxylic acid groups (broad SMARTS) is 1. The highest BCUT2D eigenvalue weighted by Crippen LogP contribution is 2.26. The maximum atomic E-state index is 10.8. The van der Waals surface area contributed by atoms with Gasteiger partial charge in [-0.25, -0.2) is 4.98 Å². The average Bonchev–Trinajstić information content (AvgIpc) is 3.00. The SMILES string of the molecule is NC(=O)c1nc2c(s1)CCCC2.N[C@H](C(=O)O)c1ccccc1. The van der Waals surface area contributed by atoms with Crippen LogP contribution < -0.4 is 11.5 Å². The van der Waals surface area contributed by atoms with E-state index in [2.05, 4.69) is 4.98 Å². The Morgan fingerprint density at radius 3 is 2.39 bits per heavy atom. The summed E-state index contributed by atoms with van der Waals surface area (Å²) in [5.74, 6) is -1.40. The van der Waals surface area contributed by atoms with Gasteiger partial charge in [-0.1, -0.05) is 30.3 Å². The van der Waals surface area contributed by atoms with Crippen LogP contribution in [0.4, 0.5) is 0 Å². The largest absolute Gasteiger partial charge is 0.480 e. The van der Waals surface area contributed by atoms with Crippen molar-refractivity contribution in [2.45, 2.75) is 31.7 Å². The molecule has 1 aromatic heterocycles. The van der Waals surface area contributed by atoms with Crippen LogP contribution in [0.1, 0.15) is 44.8 Å². The number of fused-ring (bicyclic) bond motifs is 1. The number of benzene rings is 1. The third-order valence-corrected chi connectivity index (χ3v) is 4.65. The number of amides is 1. The van der Waals surface area contributed by atoms with Crippen molar-refractivity contribution in [3.63, 3.8) is 0 Å². The summed E-state index contributed by atoms with van der Waals surface area (Å²) in [7, 11) is 0. The van der Waals surface area contributed by atoms with Gasteiger partial charge in [-0.05, 0) is 31.2 Å². The van der Waals surface area contributed by atoms with E-state index >= 15 is 0 Å². The van der Waals surface area contributed by atoms with Gasteiger partial charge in [0.05, 0.1) is 5.69 Å². The van der Waals surface area contributed by atoms with Crippen LogP contribution in [0.15, 0.2) is 30.3 Å². The van der Waals surface area contributed by atoms with Gasteiger partial charge in [0, 0.05) is 4.88 Å². The molecule has 7 heteroatoms. The molecule has 0 radical (unpaired) electrons. The van der Waals surface area contributed by atoms with Gasteiger partial charge in [-0.15, -0.1) is 11.3 Å². The number of aliphatic carboxylic acids is 1. The van der Waals surface area contributed by atoms with Crippen LogP contribution in [0.5, 0.6) is 0 Å². The fourth-order valence-corrected chi connectivity index (χ4v) is 3.26. The van der Waals surface area contributed by atoms with Crippen molar-refractivity contribution >= 4 is 23.2 Å². The molecule has 1 aliphatic rings. The Kier molecular flexibility index (Phi) is 5.84. The minimum atomic E-state index is -1.00. The Hall–Kier alpha value is -2.25. The number of carbonyl (C=O) groups excluding carboxylic acids is 1. The molecule has 1 heterocycles. The number of primary amides is 1. The third-order valence-electron chi connectivity index (χ3n) is 3.48. The number of aromatic nitrogens is 1. The van der Waals surface area contributed by atoms with E-state index in [4.69, 9.17) is 16.6 Å². The predicted octanol–water partition coefficient (Wildman–Crippen LogP) is 1.89. The van der Waals surface area contributed by atoms with Crippen molar-refractivity contribution in [1.82, 2.24) is 4.98 Å². The van der Waals surface area contributed by atoms with E-state index in [-0.39, 0.29) is 0 Å². The molecule has 2 aromatic rings. The lowest BCUT2D eigenvalue weighted by molar-refractivity contribution is -0.138. The van der Waals surface area contributed by atoms with Crippen molar-refractivity contribution in [1.29, 1.82) is 0 Å². The lowest BCUT2D eigenvalue weighted by atomic mass is 10.0. The Morgan fingerprint density at radius 1 is 1.17 bits per heavy atom. The molecule has 3 rings (SSSR count). The molecule has 1 atom stereocenters. The first-order valence-electron chi connectivity index (χ1n) is 7.30. The van der Waals surface area contributed by atoms with E-state index in [9.17, 15) is 9.59 Å². The van der Waals surface area contributed by atoms with Crippen LogP contribution in [0.3, 0.4) is 0 Å². The molecule has 0 saturated carbocycles. The molecule has 0 unspecified atom stereocenters. The minimum Gasteiger partial charge on any atom is -0.480 e. The summed E-state index contributed by atoms with van der Waals surface area (Å²) in [5.41, 5.74) is 12.2. The van der Waals surface area contributed by atoms with Crippen LogP contribution in [0.25, 0.3) is 0 Å². The van der Waals surface area contributed by atoms with E-state index in [1.807, 2.05) is 6.07 Å². The second-order valence-electron chi connectivity index (χ2n) is 5.19. The number of hydrogen-bond donors (Lipinski definition) is 3. The summed E-state index contributed by atoms with van der Waals surface area (Å²) in [6.45, 7) is 0. The van der Waals surface area contributed by atoms with Crippen LogP contribution in [-0.4, -0.2) is 22.0 Å². The van der Waals surface area contributed by atoms with Crippen molar-refractivity contribution < 1.29 is 14.7 Å². The highest BCUT2D eigenvalue weighted by Gasteiger charge is 2.17. The molecule has 122 valence electrons. The van der Waals surface area contributed by atoms with Crippen molar-refractivity contribution in [3.8, 4) is 0 Å². The summed E-state index contributed by atoms with van der Waals surface area (Å²) in [5, 5.41) is 8.98. The van der Waals surface area contributed by atoms with Gasteiger partial charge in [-0.3, -0.25) is 9.59 Å². The first kappa shape index (κ1) is 17.1. The molecule has 0 spiro atoms. The van der Waals surface area contributed by atoms with E-state index in [1.54, 1.807) is 24.3 Å².